The Morgan fingerprint density at radius 2 is 2.06 bits per heavy atom. The van der Waals surface area contributed by atoms with Crippen LogP contribution in [0.3, 0.4) is 0 Å². The molecule has 86 valence electrons. The van der Waals surface area contributed by atoms with Crippen LogP contribution in [0, 0.1) is 10.1 Å². The lowest BCUT2D eigenvalue weighted by Crippen LogP contribution is -2.04. The molecule has 6 heteroatoms. The summed E-state index contributed by atoms with van der Waals surface area (Å²) in [5.41, 5.74) is -1.33. The van der Waals surface area contributed by atoms with Gasteiger partial charge in [-0.1, -0.05) is 19.1 Å². The Bertz CT molecular complexity index is 421. The number of nitrogens with zero attached hydrogens (tertiary/aromatic N) is 1. The molecule has 0 amide bonds. The van der Waals surface area contributed by atoms with Gasteiger partial charge >= 0.3 is 0 Å². The van der Waals surface area contributed by atoms with Gasteiger partial charge in [-0.15, -0.1) is 0 Å². The monoisotopic (exact) mass is 229 g/mol. The Balaban J connectivity index is 3.44. The van der Waals surface area contributed by atoms with Crippen LogP contribution in [0.25, 0.3) is 0 Å². The molecule has 0 saturated heterocycles. The first-order valence-corrected chi connectivity index (χ1v) is 4.49. The van der Waals surface area contributed by atoms with Crippen LogP contribution in [-0.2, 0) is 4.79 Å². The highest BCUT2D eigenvalue weighted by molar-refractivity contribution is 5.64. The van der Waals surface area contributed by atoms with Crippen molar-refractivity contribution in [3.8, 4) is 0 Å². The maximum absolute atomic E-state index is 12.7. The van der Waals surface area contributed by atoms with Crippen molar-refractivity contribution in [1.29, 1.82) is 0 Å². The summed E-state index contributed by atoms with van der Waals surface area (Å²) in [5.74, 6) is -0.788. The minimum absolute atomic E-state index is 0.000741. The van der Waals surface area contributed by atoms with Crippen molar-refractivity contribution >= 4 is 12.0 Å². The Morgan fingerprint density at radius 1 is 1.44 bits per heavy atom. The molecule has 0 fully saturated rings. The van der Waals surface area contributed by atoms with Crippen molar-refractivity contribution in [2.45, 2.75) is 19.3 Å². The second-order valence-corrected chi connectivity index (χ2v) is 3.26. The summed E-state index contributed by atoms with van der Waals surface area (Å²) in [6.07, 6.45) is -2.50. The molecule has 1 aromatic rings. The lowest BCUT2D eigenvalue weighted by Gasteiger charge is -2.11. The van der Waals surface area contributed by atoms with Crippen molar-refractivity contribution < 1.29 is 18.5 Å². The number of hydrogen-bond acceptors (Lipinski definition) is 3. The second-order valence-electron chi connectivity index (χ2n) is 3.26. The van der Waals surface area contributed by atoms with E-state index in [1.165, 1.54) is 19.1 Å². The van der Waals surface area contributed by atoms with Crippen molar-refractivity contribution in [1.82, 2.24) is 0 Å². The summed E-state index contributed by atoms with van der Waals surface area (Å²) >= 11 is 0. The van der Waals surface area contributed by atoms with Gasteiger partial charge in [0, 0.05) is 12.0 Å². The lowest BCUT2D eigenvalue weighted by molar-refractivity contribution is -0.386. The van der Waals surface area contributed by atoms with E-state index in [1.807, 2.05) is 0 Å². The van der Waals surface area contributed by atoms with Gasteiger partial charge in [-0.25, -0.2) is 8.78 Å². The maximum atomic E-state index is 12.7. The van der Waals surface area contributed by atoms with Gasteiger partial charge in [0.25, 0.3) is 12.1 Å². The van der Waals surface area contributed by atoms with Crippen molar-refractivity contribution in [3.63, 3.8) is 0 Å². The first kappa shape index (κ1) is 12.2. The molecule has 1 atom stereocenters. The van der Waals surface area contributed by atoms with Gasteiger partial charge in [0.15, 0.2) is 0 Å². The molecule has 4 nitrogen and oxygen atoms in total. The molecule has 0 radical (unpaired) electrons. The minimum Gasteiger partial charge on any atom is -0.303 e. The minimum atomic E-state index is -2.97. The van der Waals surface area contributed by atoms with Crippen molar-refractivity contribution in [2.75, 3.05) is 0 Å². The van der Waals surface area contributed by atoms with Crippen molar-refractivity contribution in [3.05, 3.63) is 39.4 Å². The third-order valence-corrected chi connectivity index (χ3v) is 2.23. The number of carbonyl (C=O) groups excluding carboxylic acids is 1. The molecule has 0 spiro atoms. The third kappa shape index (κ3) is 2.21. The van der Waals surface area contributed by atoms with Crippen LogP contribution in [0.5, 0.6) is 0 Å². The SMILES string of the molecule is CC(C=O)c1cccc([N+](=O)[O-])c1C(F)F. The van der Waals surface area contributed by atoms with Crippen LogP contribution >= 0.6 is 0 Å². The number of benzene rings is 1. The Hall–Kier alpha value is -1.85. The first-order chi connectivity index (χ1) is 7.49. The van der Waals surface area contributed by atoms with Gasteiger partial charge in [0.2, 0.25) is 0 Å². The fourth-order valence-corrected chi connectivity index (χ4v) is 1.44. The summed E-state index contributed by atoms with van der Waals surface area (Å²) < 4.78 is 25.4. The first-order valence-electron chi connectivity index (χ1n) is 4.49. The average Bonchev–Trinajstić information content (AvgIpc) is 2.26. The Kier molecular flexibility index (Phi) is 3.65. The van der Waals surface area contributed by atoms with E-state index in [9.17, 15) is 23.7 Å². The molecule has 16 heavy (non-hydrogen) atoms. The topological polar surface area (TPSA) is 60.2 Å². The molecule has 0 aliphatic rings. The zero-order valence-electron chi connectivity index (χ0n) is 8.39. The fourth-order valence-electron chi connectivity index (χ4n) is 1.44. The number of hydrogen-bond donors (Lipinski definition) is 0. The molecule has 0 aliphatic heterocycles. The molecule has 0 heterocycles. The van der Waals surface area contributed by atoms with E-state index >= 15 is 0 Å². The van der Waals surface area contributed by atoms with Crippen LogP contribution in [0.4, 0.5) is 14.5 Å². The van der Waals surface area contributed by atoms with Crippen LogP contribution in [-0.4, -0.2) is 11.2 Å². The van der Waals surface area contributed by atoms with Crippen LogP contribution in [0.2, 0.25) is 0 Å². The van der Waals surface area contributed by atoms with E-state index in [-0.39, 0.29) is 5.56 Å². The Morgan fingerprint density at radius 3 is 2.50 bits per heavy atom. The molecule has 0 aliphatic carbocycles. The normalized spacial score (nSPS) is 12.5. The highest BCUT2D eigenvalue weighted by Crippen LogP contribution is 2.34. The highest BCUT2D eigenvalue weighted by Gasteiger charge is 2.26. The number of nitro groups is 1. The second kappa shape index (κ2) is 4.78. The number of halogens is 2. The summed E-state index contributed by atoms with van der Waals surface area (Å²) in [5, 5.41) is 10.6. The van der Waals surface area contributed by atoms with E-state index < -0.39 is 28.5 Å². The molecule has 0 aromatic heterocycles. The van der Waals surface area contributed by atoms with E-state index in [0.29, 0.717) is 6.29 Å². The summed E-state index contributed by atoms with van der Waals surface area (Å²) in [6.45, 7) is 1.41. The fraction of sp³-hybridized carbons (Fsp3) is 0.300. The Labute approximate surface area is 90.0 Å². The molecule has 0 saturated carbocycles. The van der Waals surface area contributed by atoms with Gasteiger partial charge in [-0.2, -0.15) is 0 Å². The molecule has 1 aromatic carbocycles. The molecular weight excluding hydrogens is 220 g/mol. The number of carbonyl (C=O) groups is 1. The number of rotatable bonds is 4. The smallest absolute Gasteiger partial charge is 0.278 e. The molecule has 1 unspecified atom stereocenters. The van der Waals surface area contributed by atoms with Crippen molar-refractivity contribution in [2.24, 2.45) is 0 Å². The zero-order chi connectivity index (χ0) is 12.3. The number of alkyl halides is 2. The predicted octanol–water partition coefficient (Wildman–Crippen LogP) is 2.83. The van der Waals surface area contributed by atoms with E-state index in [1.54, 1.807) is 0 Å². The summed E-state index contributed by atoms with van der Waals surface area (Å²) in [6, 6.07) is 3.59. The van der Waals surface area contributed by atoms with Gasteiger partial charge in [0.05, 0.1) is 10.5 Å². The number of aldehydes is 1. The molecular formula is C10H9F2NO3. The van der Waals surface area contributed by atoms with Gasteiger partial charge in [-0.05, 0) is 5.56 Å². The zero-order valence-corrected chi connectivity index (χ0v) is 8.39. The van der Waals surface area contributed by atoms with Gasteiger partial charge in [0.1, 0.15) is 6.29 Å². The summed E-state index contributed by atoms with van der Waals surface area (Å²) in [7, 11) is 0. The average molecular weight is 229 g/mol. The largest absolute Gasteiger partial charge is 0.303 e. The standard InChI is InChI=1S/C10H9F2NO3/c1-6(5-14)7-3-2-4-8(13(15)16)9(7)10(11)12/h2-6,10H,1H3. The maximum Gasteiger partial charge on any atom is 0.278 e. The van der Waals surface area contributed by atoms with Crippen LogP contribution in [0.1, 0.15) is 30.4 Å². The molecule has 0 N–H and O–H groups in total. The highest BCUT2D eigenvalue weighted by atomic mass is 19.3. The van der Waals surface area contributed by atoms with E-state index in [4.69, 9.17) is 0 Å². The van der Waals surface area contributed by atoms with Gasteiger partial charge < -0.3 is 4.79 Å². The van der Waals surface area contributed by atoms with Crippen LogP contribution in [0.15, 0.2) is 18.2 Å². The predicted molar refractivity (Wildman–Crippen MR) is 52.5 cm³/mol. The molecule has 1 rings (SSSR count). The quantitative estimate of drug-likeness (QED) is 0.453. The summed E-state index contributed by atoms with van der Waals surface area (Å²) in [4.78, 5) is 20.2. The number of nitro benzene ring substituents is 1. The lowest BCUT2D eigenvalue weighted by atomic mass is 9.96. The van der Waals surface area contributed by atoms with Gasteiger partial charge in [-0.3, -0.25) is 10.1 Å². The molecule has 0 bridgehead atoms. The van der Waals surface area contributed by atoms with Crippen LogP contribution < -0.4 is 0 Å². The third-order valence-electron chi connectivity index (χ3n) is 2.23. The van der Waals surface area contributed by atoms with E-state index in [2.05, 4.69) is 0 Å². The van der Waals surface area contributed by atoms with E-state index in [0.717, 1.165) is 6.07 Å².